The zero-order valence-corrected chi connectivity index (χ0v) is 14.2. The third-order valence-corrected chi connectivity index (χ3v) is 4.62. The number of aliphatic hydroxyl groups excluding tert-OH is 1. The molecular formula is C17H22N4OS. The summed E-state index contributed by atoms with van der Waals surface area (Å²) >= 11 is 5.55. The summed E-state index contributed by atoms with van der Waals surface area (Å²) in [6.45, 7) is 5.03. The second-order valence-corrected chi connectivity index (χ2v) is 6.32. The molecule has 1 fully saturated rings. The number of aryl methyl sites for hydroxylation is 2. The lowest BCUT2D eigenvalue weighted by molar-refractivity contribution is 0.247. The van der Waals surface area contributed by atoms with E-state index in [1.807, 2.05) is 24.4 Å². The lowest BCUT2D eigenvalue weighted by Gasteiger charge is -2.27. The van der Waals surface area contributed by atoms with E-state index in [4.69, 9.17) is 12.2 Å². The van der Waals surface area contributed by atoms with E-state index in [9.17, 15) is 5.11 Å². The Hall–Kier alpha value is -1.92. The topological polar surface area (TPSA) is 64.2 Å². The van der Waals surface area contributed by atoms with Gasteiger partial charge in [-0.25, -0.2) is 0 Å². The molecule has 0 aromatic carbocycles. The predicted octanol–water partition coefficient (Wildman–Crippen LogP) is 2.38. The van der Waals surface area contributed by atoms with Crippen molar-refractivity contribution in [1.82, 2.24) is 20.2 Å². The molecule has 23 heavy (non-hydrogen) atoms. The molecule has 0 saturated carbocycles. The Labute approximate surface area is 141 Å². The Kier molecular flexibility index (Phi) is 4.63. The summed E-state index contributed by atoms with van der Waals surface area (Å²) < 4.78 is 0. The fourth-order valence-corrected chi connectivity index (χ4v) is 3.61. The molecule has 0 radical (unpaired) electrons. The van der Waals surface area contributed by atoms with Gasteiger partial charge in [0, 0.05) is 30.7 Å². The van der Waals surface area contributed by atoms with Gasteiger partial charge in [0.2, 0.25) is 0 Å². The molecule has 3 N–H and O–H groups in total. The predicted molar refractivity (Wildman–Crippen MR) is 94.1 cm³/mol. The van der Waals surface area contributed by atoms with E-state index < -0.39 is 0 Å². The second kappa shape index (κ2) is 6.68. The van der Waals surface area contributed by atoms with Gasteiger partial charge in [0.1, 0.15) is 0 Å². The number of thiocarbonyl (C=S) groups is 1. The Morgan fingerprint density at radius 3 is 2.78 bits per heavy atom. The van der Waals surface area contributed by atoms with Crippen molar-refractivity contribution in [3.63, 3.8) is 0 Å². The number of hydrogen-bond acceptors (Lipinski definition) is 3. The van der Waals surface area contributed by atoms with Crippen LogP contribution in [0.1, 0.15) is 41.1 Å². The highest BCUT2D eigenvalue weighted by atomic mass is 32.1. The normalized spacial score (nSPS) is 20.8. The Balaban J connectivity index is 2.01. The third kappa shape index (κ3) is 3.09. The van der Waals surface area contributed by atoms with Gasteiger partial charge >= 0.3 is 0 Å². The molecule has 3 heterocycles. The van der Waals surface area contributed by atoms with Gasteiger partial charge in [-0.2, -0.15) is 0 Å². The van der Waals surface area contributed by atoms with Crippen molar-refractivity contribution in [1.29, 1.82) is 0 Å². The van der Waals surface area contributed by atoms with Gasteiger partial charge in [-0.3, -0.25) is 4.98 Å². The van der Waals surface area contributed by atoms with Crippen molar-refractivity contribution in [3.05, 3.63) is 53.1 Å². The fraction of sp³-hybridized carbons (Fsp3) is 0.412. The van der Waals surface area contributed by atoms with Gasteiger partial charge in [0.25, 0.3) is 0 Å². The van der Waals surface area contributed by atoms with Gasteiger partial charge in [-0.05, 0) is 56.2 Å². The fourth-order valence-electron chi connectivity index (χ4n) is 3.28. The van der Waals surface area contributed by atoms with Crippen LogP contribution in [0, 0.1) is 13.8 Å². The molecule has 2 atom stereocenters. The highest BCUT2D eigenvalue weighted by Crippen LogP contribution is 2.39. The standard InChI is InChI=1S/C17H22N4OS/c1-11-10-13(12(2)19-11)16-15(14-6-3-4-7-18-14)20-17(23)21(16)8-5-9-22/h3-4,6-7,10,15-16,19,22H,5,8-9H2,1-2H3,(H,20,23)/t15-,16-/m0/s1. The Morgan fingerprint density at radius 1 is 1.35 bits per heavy atom. The molecule has 5 nitrogen and oxygen atoms in total. The first-order valence-corrected chi connectivity index (χ1v) is 8.27. The lowest BCUT2D eigenvalue weighted by atomic mass is 9.97. The van der Waals surface area contributed by atoms with Crippen LogP contribution in [0.3, 0.4) is 0 Å². The molecular weight excluding hydrogens is 308 g/mol. The highest BCUT2D eigenvalue weighted by Gasteiger charge is 2.40. The summed E-state index contributed by atoms with van der Waals surface area (Å²) in [7, 11) is 0. The van der Waals surface area contributed by atoms with E-state index in [0.717, 1.165) is 28.7 Å². The number of rotatable bonds is 5. The number of nitrogens with one attached hydrogen (secondary N) is 2. The highest BCUT2D eigenvalue weighted by molar-refractivity contribution is 7.80. The van der Waals surface area contributed by atoms with Crippen LogP contribution in [0.15, 0.2) is 30.5 Å². The SMILES string of the molecule is Cc1cc([C@H]2[C@H](c3ccccn3)NC(=S)N2CCCO)c(C)[nH]1. The summed E-state index contributed by atoms with van der Waals surface area (Å²) in [6, 6.07) is 8.21. The number of aromatic amines is 1. The first kappa shape index (κ1) is 16.0. The van der Waals surface area contributed by atoms with Crippen molar-refractivity contribution >= 4 is 17.3 Å². The van der Waals surface area contributed by atoms with Gasteiger partial charge in [0.15, 0.2) is 5.11 Å². The van der Waals surface area contributed by atoms with Crippen molar-refractivity contribution in [3.8, 4) is 0 Å². The van der Waals surface area contributed by atoms with Crippen molar-refractivity contribution in [2.24, 2.45) is 0 Å². The van der Waals surface area contributed by atoms with Crippen LogP contribution in [0.4, 0.5) is 0 Å². The summed E-state index contributed by atoms with van der Waals surface area (Å²) in [4.78, 5) is 10.1. The minimum atomic E-state index is 0.0105. The lowest BCUT2D eigenvalue weighted by Crippen LogP contribution is -2.31. The Morgan fingerprint density at radius 2 is 2.17 bits per heavy atom. The average Bonchev–Trinajstić information content (AvgIpc) is 3.05. The summed E-state index contributed by atoms with van der Waals surface area (Å²) in [5.74, 6) is 0. The molecule has 1 aliphatic rings. The zero-order valence-electron chi connectivity index (χ0n) is 13.4. The van der Waals surface area contributed by atoms with E-state index in [0.29, 0.717) is 6.42 Å². The molecule has 2 aromatic heterocycles. The molecule has 122 valence electrons. The minimum absolute atomic E-state index is 0.0105. The van der Waals surface area contributed by atoms with E-state index in [-0.39, 0.29) is 18.7 Å². The molecule has 1 saturated heterocycles. The number of aromatic nitrogens is 2. The number of aliphatic hydroxyl groups is 1. The third-order valence-electron chi connectivity index (χ3n) is 4.26. The number of H-pyrrole nitrogens is 1. The molecule has 3 rings (SSSR count). The number of nitrogens with zero attached hydrogens (tertiary/aromatic N) is 2. The molecule has 2 aromatic rings. The summed E-state index contributed by atoms with van der Waals surface area (Å²) in [5.41, 5.74) is 4.49. The van der Waals surface area contributed by atoms with Crippen LogP contribution >= 0.6 is 12.2 Å². The summed E-state index contributed by atoms with van der Waals surface area (Å²) in [5, 5.41) is 13.3. The van der Waals surface area contributed by atoms with Crippen molar-refractivity contribution in [2.45, 2.75) is 32.4 Å². The van der Waals surface area contributed by atoms with Crippen LogP contribution in [-0.2, 0) is 0 Å². The Bertz CT molecular complexity index is 685. The van der Waals surface area contributed by atoms with Gasteiger partial charge < -0.3 is 20.3 Å². The minimum Gasteiger partial charge on any atom is -0.396 e. The van der Waals surface area contributed by atoms with Crippen LogP contribution < -0.4 is 5.32 Å². The summed E-state index contributed by atoms with van der Waals surface area (Å²) in [6.07, 6.45) is 2.50. The maximum Gasteiger partial charge on any atom is 0.170 e. The maximum atomic E-state index is 9.20. The molecule has 6 heteroatoms. The van der Waals surface area contributed by atoms with Crippen LogP contribution in [0.5, 0.6) is 0 Å². The molecule has 0 unspecified atom stereocenters. The smallest absolute Gasteiger partial charge is 0.170 e. The molecule has 0 amide bonds. The van der Waals surface area contributed by atoms with Crippen LogP contribution in [0.2, 0.25) is 0 Å². The maximum absolute atomic E-state index is 9.20. The monoisotopic (exact) mass is 330 g/mol. The molecule has 0 spiro atoms. The molecule has 0 bridgehead atoms. The average molecular weight is 330 g/mol. The van der Waals surface area contributed by atoms with E-state index in [1.165, 1.54) is 5.56 Å². The van der Waals surface area contributed by atoms with Gasteiger partial charge in [0.05, 0.1) is 17.8 Å². The first-order valence-electron chi connectivity index (χ1n) is 7.87. The largest absolute Gasteiger partial charge is 0.396 e. The first-order chi connectivity index (χ1) is 11.1. The van der Waals surface area contributed by atoms with Crippen molar-refractivity contribution < 1.29 is 5.11 Å². The van der Waals surface area contributed by atoms with Crippen LogP contribution in [0.25, 0.3) is 0 Å². The quantitative estimate of drug-likeness (QED) is 0.735. The zero-order chi connectivity index (χ0) is 16.4. The second-order valence-electron chi connectivity index (χ2n) is 5.93. The number of pyridine rings is 1. The van der Waals surface area contributed by atoms with Gasteiger partial charge in [-0.1, -0.05) is 6.07 Å². The molecule has 0 aliphatic carbocycles. The van der Waals surface area contributed by atoms with Crippen molar-refractivity contribution in [2.75, 3.05) is 13.2 Å². The van der Waals surface area contributed by atoms with E-state index >= 15 is 0 Å². The van der Waals surface area contributed by atoms with Crippen LogP contribution in [-0.4, -0.2) is 38.2 Å². The molecule has 1 aliphatic heterocycles. The number of hydrogen-bond donors (Lipinski definition) is 3. The van der Waals surface area contributed by atoms with Gasteiger partial charge in [-0.15, -0.1) is 0 Å². The van der Waals surface area contributed by atoms with E-state index in [1.54, 1.807) is 0 Å². The van der Waals surface area contributed by atoms with E-state index in [2.05, 4.69) is 40.1 Å².